The number of methoxy groups -OCH3 is 1. The van der Waals surface area contributed by atoms with E-state index in [2.05, 4.69) is 46.1 Å². The molecular weight excluding hydrogens is 440 g/mol. The SMILES string of the molecule is C=[N+](CCCOC)c1nc(C)c(C(=O)[N+](=C)C2C(C)CC(C)(C)CC3CC32)c(OC2(C)CCC2)n1. The summed E-state index contributed by atoms with van der Waals surface area (Å²) in [6, 6.07) is 0.124. The van der Waals surface area contributed by atoms with E-state index >= 15 is 0 Å². The van der Waals surface area contributed by atoms with Crippen LogP contribution in [-0.2, 0) is 4.74 Å². The first-order valence-corrected chi connectivity index (χ1v) is 13.2. The Bertz CT molecular complexity index is 1010. The molecule has 0 radical (unpaired) electrons. The second-order valence-electron chi connectivity index (χ2n) is 12.3. The highest BCUT2D eigenvalue weighted by Crippen LogP contribution is 2.55. The standard InChI is InChI=1S/C28H44N4O3/c1-18-16-27(3,4)17-20-15-21(20)23(18)32(7)25(33)22-19(2)29-26(31(6)13-10-14-34-8)30-24(22)35-28(5)11-9-12-28/h18,20-21,23H,6-7,9-17H2,1-5,8H3/q+2. The fraction of sp³-hybridized carbons (Fsp3) is 0.750. The molecule has 3 aliphatic carbocycles. The highest BCUT2D eigenvalue weighted by molar-refractivity contribution is 5.92. The Morgan fingerprint density at radius 3 is 2.51 bits per heavy atom. The molecule has 35 heavy (non-hydrogen) atoms. The van der Waals surface area contributed by atoms with Gasteiger partial charge in [0.25, 0.3) is 0 Å². The van der Waals surface area contributed by atoms with Crippen molar-refractivity contribution in [3.63, 3.8) is 0 Å². The van der Waals surface area contributed by atoms with Crippen LogP contribution in [0.5, 0.6) is 5.88 Å². The van der Waals surface area contributed by atoms with Crippen molar-refractivity contribution in [2.75, 3.05) is 20.3 Å². The van der Waals surface area contributed by atoms with E-state index in [-0.39, 0.29) is 17.6 Å². The molecular formula is C28H44N4O3+2. The molecule has 0 aliphatic heterocycles. The lowest BCUT2D eigenvalue weighted by molar-refractivity contribution is -0.480. The van der Waals surface area contributed by atoms with Crippen LogP contribution in [0.25, 0.3) is 0 Å². The fourth-order valence-corrected chi connectivity index (χ4v) is 6.45. The minimum absolute atomic E-state index is 0.124. The van der Waals surface area contributed by atoms with Gasteiger partial charge in [0.1, 0.15) is 18.0 Å². The molecule has 3 fully saturated rings. The molecule has 7 nitrogen and oxygen atoms in total. The number of aromatic nitrogens is 2. The average molecular weight is 485 g/mol. The van der Waals surface area contributed by atoms with Gasteiger partial charge in [-0.1, -0.05) is 25.8 Å². The molecule has 4 atom stereocenters. The van der Waals surface area contributed by atoms with Gasteiger partial charge in [-0.05, 0) is 68.7 Å². The Morgan fingerprint density at radius 1 is 1.17 bits per heavy atom. The summed E-state index contributed by atoms with van der Waals surface area (Å²) in [7, 11) is 1.68. The number of fused-ring (bicyclic) bond motifs is 1. The van der Waals surface area contributed by atoms with Gasteiger partial charge in [-0.15, -0.1) is 0 Å². The Balaban J connectivity index is 1.65. The van der Waals surface area contributed by atoms with Gasteiger partial charge in [-0.2, -0.15) is 4.58 Å². The van der Waals surface area contributed by atoms with Crippen LogP contribution >= 0.6 is 0 Å². The summed E-state index contributed by atoms with van der Waals surface area (Å²) < 4.78 is 15.1. The molecule has 3 aliphatic rings. The maximum atomic E-state index is 14.0. The summed E-state index contributed by atoms with van der Waals surface area (Å²) in [4.78, 5) is 23.4. The van der Waals surface area contributed by atoms with Crippen LogP contribution in [0.3, 0.4) is 0 Å². The van der Waals surface area contributed by atoms with Gasteiger partial charge in [0.15, 0.2) is 6.04 Å². The Morgan fingerprint density at radius 2 is 1.89 bits per heavy atom. The van der Waals surface area contributed by atoms with E-state index in [0.29, 0.717) is 59.4 Å². The van der Waals surface area contributed by atoms with Gasteiger partial charge in [-0.3, -0.25) is 0 Å². The number of rotatable bonds is 9. The molecule has 0 bridgehead atoms. The third-order valence-electron chi connectivity index (χ3n) is 8.38. The van der Waals surface area contributed by atoms with Crippen LogP contribution in [0.4, 0.5) is 5.95 Å². The Labute approximate surface area is 210 Å². The molecule has 0 spiro atoms. The lowest BCUT2D eigenvalue weighted by Gasteiger charge is -2.37. The average Bonchev–Trinajstić information content (AvgIpc) is 3.49. The van der Waals surface area contributed by atoms with Crippen LogP contribution in [-0.4, -0.2) is 70.4 Å². The molecule has 4 unspecified atom stereocenters. The number of amides is 1. The van der Waals surface area contributed by atoms with Crippen LogP contribution in [0.1, 0.15) is 88.7 Å². The topological polar surface area (TPSA) is 67.3 Å². The summed E-state index contributed by atoms with van der Waals surface area (Å²) in [5, 5.41) is 0. The monoisotopic (exact) mass is 484 g/mol. The van der Waals surface area contributed by atoms with Crippen molar-refractivity contribution in [2.24, 2.45) is 23.2 Å². The van der Waals surface area contributed by atoms with Crippen LogP contribution in [0, 0.1) is 30.1 Å². The van der Waals surface area contributed by atoms with Crippen molar-refractivity contribution in [2.45, 2.75) is 91.2 Å². The number of hydrogen-bond acceptors (Lipinski definition) is 5. The van der Waals surface area contributed by atoms with E-state index in [1.54, 1.807) is 16.3 Å². The minimum atomic E-state index is -0.303. The second-order valence-corrected chi connectivity index (χ2v) is 12.3. The van der Waals surface area contributed by atoms with E-state index in [4.69, 9.17) is 14.5 Å². The third kappa shape index (κ3) is 5.50. The fourth-order valence-electron chi connectivity index (χ4n) is 6.45. The first-order valence-electron chi connectivity index (χ1n) is 13.2. The highest BCUT2D eigenvalue weighted by Gasteiger charge is 2.56. The van der Waals surface area contributed by atoms with Gasteiger partial charge in [-0.25, -0.2) is 9.37 Å². The van der Waals surface area contributed by atoms with Crippen molar-refractivity contribution >= 4 is 25.3 Å². The molecule has 1 aromatic rings. The zero-order chi connectivity index (χ0) is 25.5. The predicted octanol–water partition coefficient (Wildman–Crippen LogP) is 4.80. The lowest BCUT2D eigenvalue weighted by Crippen LogP contribution is -2.42. The van der Waals surface area contributed by atoms with Gasteiger partial charge >= 0.3 is 17.7 Å². The third-order valence-corrected chi connectivity index (χ3v) is 8.38. The quantitative estimate of drug-likeness (QED) is 0.286. The Kier molecular flexibility index (Phi) is 7.20. The second kappa shape index (κ2) is 9.72. The van der Waals surface area contributed by atoms with Gasteiger partial charge in [0.2, 0.25) is 5.56 Å². The molecule has 1 aromatic heterocycles. The summed E-state index contributed by atoms with van der Waals surface area (Å²) >= 11 is 0. The minimum Gasteiger partial charge on any atom is -0.459 e. The van der Waals surface area contributed by atoms with Crippen molar-refractivity contribution in [3.05, 3.63) is 11.3 Å². The number of nitrogens with zero attached hydrogens (tertiary/aromatic N) is 4. The maximum Gasteiger partial charge on any atom is 0.436 e. The summed E-state index contributed by atoms with van der Waals surface area (Å²) in [5.74, 6) is 2.29. The number of carbonyl (C=O) groups excluding carboxylic acids is 1. The number of ether oxygens (including phenoxy) is 2. The van der Waals surface area contributed by atoms with Crippen LogP contribution in [0.2, 0.25) is 0 Å². The largest absolute Gasteiger partial charge is 0.459 e. The first-order chi connectivity index (χ1) is 16.4. The number of hydrogen-bond donors (Lipinski definition) is 0. The van der Waals surface area contributed by atoms with Crippen molar-refractivity contribution in [1.82, 2.24) is 9.97 Å². The van der Waals surface area contributed by atoms with Crippen molar-refractivity contribution in [1.29, 1.82) is 0 Å². The summed E-state index contributed by atoms with van der Waals surface area (Å²) in [6.45, 7) is 20.7. The first kappa shape index (κ1) is 25.9. The normalized spacial score (nSPS) is 28.3. The molecule has 4 rings (SSSR count). The van der Waals surface area contributed by atoms with Crippen LogP contribution in [0.15, 0.2) is 0 Å². The zero-order valence-corrected chi connectivity index (χ0v) is 22.6. The molecule has 1 heterocycles. The van der Waals surface area contributed by atoms with Gasteiger partial charge < -0.3 is 9.47 Å². The molecule has 3 saturated carbocycles. The van der Waals surface area contributed by atoms with Crippen molar-refractivity contribution < 1.29 is 23.4 Å². The van der Waals surface area contributed by atoms with E-state index in [9.17, 15) is 4.79 Å². The van der Waals surface area contributed by atoms with E-state index in [0.717, 1.165) is 32.1 Å². The van der Waals surface area contributed by atoms with E-state index in [1.165, 1.54) is 12.8 Å². The predicted molar refractivity (Wildman–Crippen MR) is 137 cm³/mol. The van der Waals surface area contributed by atoms with Gasteiger partial charge in [0, 0.05) is 38.7 Å². The van der Waals surface area contributed by atoms with Crippen LogP contribution < -0.4 is 4.74 Å². The van der Waals surface area contributed by atoms with E-state index in [1.807, 2.05) is 6.92 Å². The van der Waals surface area contributed by atoms with E-state index < -0.39 is 0 Å². The maximum absolute atomic E-state index is 14.0. The van der Waals surface area contributed by atoms with Crippen molar-refractivity contribution in [3.8, 4) is 5.88 Å². The number of aryl methyl sites for hydroxylation is 1. The molecule has 0 aromatic carbocycles. The lowest BCUT2D eigenvalue weighted by atomic mass is 9.79. The summed E-state index contributed by atoms with van der Waals surface area (Å²) in [5.41, 5.74) is 1.05. The molecule has 192 valence electrons. The molecule has 0 N–H and O–H groups in total. The molecule has 7 heteroatoms. The number of carbonyl (C=O) groups is 1. The smallest absolute Gasteiger partial charge is 0.436 e. The van der Waals surface area contributed by atoms with Gasteiger partial charge in [0.05, 0.1) is 6.54 Å². The molecule has 0 saturated heterocycles. The Hall–Kier alpha value is -2.15. The summed E-state index contributed by atoms with van der Waals surface area (Å²) in [6.07, 6.45) is 7.34. The molecule has 1 amide bonds. The highest BCUT2D eigenvalue weighted by atomic mass is 16.5. The zero-order valence-electron chi connectivity index (χ0n) is 22.6.